The summed E-state index contributed by atoms with van der Waals surface area (Å²) < 4.78 is 5.27. The van der Waals surface area contributed by atoms with E-state index in [2.05, 4.69) is 10.3 Å². The van der Waals surface area contributed by atoms with Gasteiger partial charge in [-0.15, -0.1) is 11.3 Å². The van der Waals surface area contributed by atoms with E-state index in [-0.39, 0.29) is 0 Å². The number of halogens is 1. The zero-order valence-corrected chi connectivity index (χ0v) is 11.2. The fourth-order valence-corrected chi connectivity index (χ4v) is 2.38. The van der Waals surface area contributed by atoms with E-state index in [4.69, 9.17) is 16.3 Å². The number of nitrogens with one attached hydrogen (secondary N) is 1. The predicted molar refractivity (Wildman–Crippen MR) is 72.2 cm³/mol. The molecule has 17 heavy (non-hydrogen) atoms. The molecule has 0 spiro atoms. The molecule has 1 heterocycles. The van der Waals surface area contributed by atoms with Crippen LogP contribution >= 0.6 is 22.9 Å². The largest absolute Gasteiger partial charge is 0.495 e. The second-order valence-electron chi connectivity index (χ2n) is 3.56. The fraction of sp³-hybridized carbons (Fsp3) is 0.250. The molecule has 3 nitrogen and oxygen atoms in total. The summed E-state index contributed by atoms with van der Waals surface area (Å²) in [4.78, 5) is 5.43. The van der Waals surface area contributed by atoms with Crippen molar-refractivity contribution < 1.29 is 4.74 Å². The van der Waals surface area contributed by atoms with Gasteiger partial charge in [0.1, 0.15) is 5.75 Å². The molecule has 2 aromatic rings. The number of methoxy groups -OCH3 is 1. The highest BCUT2D eigenvalue weighted by Gasteiger charge is 2.05. The lowest BCUT2D eigenvalue weighted by atomic mass is 10.3. The lowest BCUT2D eigenvalue weighted by Gasteiger charge is -2.10. The van der Waals surface area contributed by atoms with Crippen molar-refractivity contribution in [1.82, 2.24) is 4.98 Å². The van der Waals surface area contributed by atoms with Gasteiger partial charge in [0.25, 0.3) is 0 Å². The summed E-state index contributed by atoms with van der Waals surface area (Å²) >= 11 is 7.60. The molecule has 5 heteroatoms. The van der Waals surface area contributed by atoms with Crippen LogP contribution in [0.3, 0.4) is 0 Å². The average molecular weight is 269 g/mol. The third-order valence-corrected chi connectivity index (χ3v) is 3.62. The molecule has 0 aliphatic rings. The van der Waals surface area contributed by atoms with Crippen LogP contribution in [0.1, 0.15) is 10.6 Å². The quantitative estimate of drug-likeness (QED) is 0.918. The van der Waals surface area contributed by atoms with Crippen LogP contribution in [0.15, 0.2) is 23.7 Å². The lowest BCUT2D eigenvalue weighted by molar-refractivity contribution is 0.416. The zero-order chi connectivity index (χ0) is 12.3. The maximum absolute atomic E-state index is 5.96. The zero-order valence-electron chi connectivity index (χ0n) is 9.66. The van der Waals surface area contributed by atoms with Crippen molar-refractivity contribution in [2.75, 3.05) is 12.4 Å². The first-order chi connectivity index (χ1) is 8.20. The highest BCUT2D eigenvalue weighted by Crippen LogP contribution is 2.28. The highest BCUT2D eigenvalue weighted by molar-refractivity contribution is 7.09. The molecule has 0 aliphatic carbocycles. The van der Waals surface area contributed by atoms with Gasteiger partial charge < -0.3 is 10.1 Å². The van der Waals surface area contributed by atoms with Gasteiger partial charge >= 0.3 is 0 Å². The molecular formula is C12H13ClN2OS. The molecule has 0 radical (unpaired) electrons. The van der Waals surface area contributed by atoms with Crippen LogP contribution in [-0.2, 0) is 6.54 Å². The van der Waals surface area contributed by atoms with Crippen molar-refractivity contribution in [3.63, 3.8) is 0 Å². The summed E-state index contributed by atoms with van der Waals surface area (Å²) in [5.41, 5.74) is 3.80. The number of hydrogen-bond acceptors (Lipinski definition) is 4. The van der Waals surface area contributed by atoms with Crippen LogP contribution < -0.4 is 10.1 Å². The molecule has 0 aliphatic heterocycles. The Balaban J connectivity index is 2.13. The first kappa shape index (κ1) is 12.2. The molecule has 0 saturated heterocycles. The molecule has 0 bridgehead atoms. The Kier molecular flexibility index (Phi) is 3.86. The number of aromatic nitrogens is 1. The number of benzene rings is 1. The van der Waals surface area contributed by atoms with E-state index in [9.17, 15) is 0 Å². The summed E-state index contributed by atoms with van der Waals surface area (Å²) in [5.74, 6) is 0.788. The molecule has 0 amide bonds. The van der Waals surface area contributed by atoms with Gasteiger partial charge in [-0.05, 0) is 25.1 Å². The van der Waals surface area contributed by atoms with E-state index in [1.807, 2.05) is 30.6 Å². The van der Waals surface area contributed by atoms with Crippen molar-refractivity contribution >= 4 is 28.6 Å². The Hall–Kier alpha value is -1.26. The first-order valence-corrected chi connectivity index (χ1v) is 6.43. The van der Waals surface area contributed by atoms with E-state index in [1.165, 1.54) is 4.88 Å². The molecule has 0 saturated carbocycles. The van der Waals surface area contributed by atoms with Crippen LogP contribution in [0.25, 0.3) is 0 Å². The van der Waals surface area contributed by atoms with Gasteiger partial charge in [0, 0.05) is 9.90 Å². The van der Waals surface area contributed by atoms with E-state index in [0.717, 1.165) is 23.7 Å². The smallest absolute Gasteiger partial charge is 0.142 e. The van der Waals surface area contributed by atoms with Crippen molar-refractivity contribution in [1.29, 1.82) is 0 Å². The summed E-state index contributed by atoms with van der Waals surface area (Å²) in [6, 6.07) is 5.52. The number of anilines is 1. The Morgan fingerprint density at radius 2 is 2.29 bits per heavy atom. The molecule has 1 aromatic carbocycles. The van der Waals surface area contributed by atoms with E-state index in [0.29, 0.717) is 5.02 Å². The van der Waals surface area contributed by atoms with Crippen LogP contribution in [0, 0.1) is 6.92 Å². The summed E-state index contributed by atoms with van der Waals surface area (Å²) in [6.07, 6.45) is 0. The van der Waals surface area contributed by atoms with Crippen molar-refractivity contribution in [3.8, 4) is 5.75 Å². The number of hydrogen-bond donors (Lipinski definition) is 1. The minimum Gasteiger partial charge on any atom is -0.495 e. The molecule has 0 unspecified atom stereocenters. The van der Waals surface area contributed by atoms with Crippen LogP contribution in [-0.4, -0.2) is 12.1 Å². The first-order valence-electron chi connectivity index (χ1n) is 5.17. The Labute approximate surface area is 109 Å². The molecular weight excluding hydrogens is 256 g/mol. The average Bonchev–Trinajstić information content (AvgIpc) is 2.72. The minimum absolute atomic E-state index is 0.689. The van der Waals surface area contributed by atoms with Crippen LogP contribution in [0.2, 0.25) is 5.02 Å². The van der Waals surface area contributed by atoms with E-state index >= 15 is 0 Å². The van der Waals surface area contributed by atoms with Gasteiger partial charge in [-0.3, -0.25) is 0 Å². The number of nitrogens with zero attached hydrogens (tertiary/aromatic N) is 1. The molecule has 1 N–H and O–H groups in total. The Morgan fingerprint density at radius 3 is 2.94 bits per heavy atom. The van der Waals surface area contributed by atoms with Crippen molar-refractivity contribution in [2.24, 2.45) is 0 Å². The van der Waals surface area contributed by atoms with Gasteiger partial charge in [-0.25, -0.2) is 4.98 Å². The summed E-state index contributed by atoms with van der Waals surface area (Å²) in [7, 11) is 1.65. The number of rotatable bonds is 4. The SMILES string of the molecule is COc1ccc(Cl)cc1NCc1scnc1C. The third-order valence-electron chi connectivity index (χ3n) is 2.45. The second kappa shape index (κ2) is 5.38. The second-order valence-corrected chi connectivity index (χ2v) is 4.93. The minimum atomic E-state index is 0.689. The van der Waals surface area contributed by atoms with Gasteiger partial charge in [0.05, 0.1) is 30.5 Å². The third kappa shape index (κ3) is 2.90. The lowest BCUT2D eigenvalue weighted by Crippen LogP contribution is -2.01. The normalized spacial score (nSPS) is 10.3. The van der Waals surface area contributed by atoms with E-state index in [1.54, 1.807) is 18.4 Å². The number of aryl methyl sites for hydroxylation is 1. The standard InChI is InChI=1S/C12H13ClN2OS/c1-8-12(17-7-15-8)6-14-10-5-9(13)3-4-11(10)16-2/h3-5,7,14H,6H2,1-2H3. The fourth-order valence-electron chi connectivity index (χ4n) is 1.49. The van der Waals surface area contributed by atoms with Gasteiger partial charge in [-0.2, -0.15) is 0 Å². The Morgan fingerprint density at radius 1 is 1.47 bits per heavy atom. The number of ether oxygens (including phenoxy) is 1. The van der Waals surface area contributed by atoms with Gasteiger partial charge in [-0.1, -0.05) is 11.6 Å². The Bertz CT molecular complexity index is 513. The van der Waals surface area contributed by atoms with E-state index < -0.39 is 0 Å². The molecule has 90 valence electrons. The van der Waals surface area contributed by atoms with Crippen molar-refractivity contribution in [3.05, 3.63) is 39.3 Å². The highest BCUT2D eigenvalue weighted by atomic mass is 35.5. The predicted octanol–water partition coefficient (Wildman–Crippen LogP) is 3.73. The molecule has 1 aromatic heterocycles. The molecule has 2 rings (SSSR count). The summed E-state index contributed by atoms with van der Waals surface area (Å²) in [5, 5.41) is 4.00. The van der Waals surface area contributed by atoms with Gasteiger partial charge in [0.15, 0.2) is 0 Å². The van der Waals surface area contributed by atoms with Crippen molar-refractivity contribution in [2.45, 2.75) is 13.5 Å². The maximum atomic E-state index is 5.96. The summed E-state index contributed by atoms with van der Waals surface area (Å²) in [6.45, 7) is 2.73. The topological polar surface area (TPSA) is 34.1 Å². The number of thiazole rings is 1. The van der Waals surface area contributed by atoms with Gasteiger partial charge in [0.2, 0.25) is 0 Å². The maximum Gasteiger partial charge on any atom is 0.142 e. The monoisotopic (exact) mass is 268 g/mol. The molecule has 0 atom stereocenters. The van der Waals surface area contributed by atoms with Crippen LogP contribution in [0.5, 0.6) is 5.75 Å². The van der Waals surface area contributed by atoms with Crippen LogP contribution in [0.4, 0.5) is 5.69 Å². The molecule has 0 fully saturated rings.